The number of amides is 1. The summed E-state index contributed by atoms with van der Waals surface area (Å²) in [5.74, 6) is -2.68. The van der Waals surface area contributed by atoms with Crippen LogP contribution in [0, 0.1) is 5.82 Å². The first-order chi connectivity index (χ1) is 15.1. The Hall–Kier alpha value is -2.95. The minimum absolute atomic E-state index is 0.200. The lowest BCUT2D eigenvalue weighted by Crippen LogP contribution is -2.39. The van der Waals surface area contributed by atoms with Crippen LogP contribution in [0.5, 0.6) is 0 Å². The first-order valence-electron chi connectivity index (χ1n) is 10.2. The number of fused-ring (bicyclic) bond motifs is 1. The van der Waals surface area contributed by atoms with Gasteiger partial charge in [0.1, 0.15) is 5.82 Å². The Kier molecular flexibility index (Phi) is 7.49. The van der Waals surface area contributed by atoms with Crippen molar-refractivity contribution in [1.82, 2.24) is 19.6 Å². The summed E-state index contributed by atoms with van der Waals surface area (Å²) in [6.07, 6.45) is -0.646. The molecule has 1 aromatic heterocycles. The Morgan fingerprint density at radius 2 is 1.88 bits per heavy atom. The number of nitrogens with zero attached hydrogens (tertiary/aromatic N) is 4. The van der Waals surface area contributed by atoms with E-state index in [2.05, 4.69) is 20.7 Å². The van der Waals surface area contributed by atoms with Crippen molar-refractivity contribution in [3.05, 3.63) is 53.6 Å². The summed E-state index contributed by atoms with van der Waals surface area (Å²) < 4.78 is 47.0. The van der Waals surface area contributed by atoms with Crippen molar-refractivity contribution in [3.8, 4) is 0 Å². The molecule has 1 amide bonds. The van der Waals surface area contributed by atoms with Crippen molar-refractivity contribution in [1.29, 1.82) is 0 Å². The molecule has 174 valence electrons. The highest BCUT2D eigenvalue weighted by molar-refractivity contribution is 5.78. The number of carbonyl (C=O) groups excluding carboxylic acids is 1. The lowest BCUT2D eigenvalue weighted by molar-refractivity contribution is -0.192. The maximum atomic E-state index is 13.1. The van der Waals surface area contributed by atoms with Gasteiger partial charge in [-0.05, 0) is 36.6 Å². The molecule has 2 aromatic rings. The zero-order chi connectivity index (χ0) is 23.3. The van der Waals surface area contributed by atoms with Crippen LogP contribution in [-0.2, 0) is 22.7 Å². The fraction of sp³-hybridized carbons (Fsp3) is 0.476. The Bertz CT molecular complexity index is 930. The number of hydrogen-bond acceptors (Lipinski definition) is 4. The second-order valence-electron chi connectivity index (χ2n) is 7.79. The summed E-state index contributed by atoms with van der Waals surface area (Å²) in [6.45, 7) is 4.22. The highest BCUT2D eigenvalue weighted by Gasteiger charge is 2.38. The summed E-state index contributed by atoms with van der Waals surface area (Å²) in [6, 6.07) is 9.05. The number of alkyl halides is 3. The van der Waals surface area contributed by atoms with Gasteiger partial charge in [0.25, 0.3) is 0 Å². The van der Waals surface area contributed by atoms with Crippen LogP contribution in [0.1, 0.15) is 36.6 Å². The third-order valence-corrected chi connectivity index (χ3v) is 5.42. The predicted octanol–water partition coefficient (Wildman–Crippen LogP) is 3.22. The molecule has 0 saturated carbocycles. The third kappa shape index (κ3) is 6.28. The summed E-state index contributed by atoms with van der Waals surface area (Å²) in [5.41, 5.74) is 2.31. The minimum Gasteiger partial charge on any atom is -0.475 e. The number of likely N-dealkylation sites (tertiary alicyclic amines) is 1. The van der Waals surface area contributed by atoms with Crippen LogP contribution in [0.2, 0.25) is 0 Å². The van der Waals surface area contributed by atoms with Gasteiger partial charge in [-0.2, -0.15) is 18.3 Å². The second-order valence-corrected chi connectivity index (χ2v) is 7.79. The third-order valence-electron chi connectivity index (χ3n) is 5.42. The van der Waals surface area contributed by atoms with Gasteiger partial charge in [0.2, 0.25) is 5.91 Å². The van der Waals surface area contributed by atoms with Crippen molar-refractivity contribution in [2.45, 2.75) is 44.6 Å². The Balaban J connectivity index is 0.000000360. The molecule has 32 heavy (non-hydrogen) atoms. The summed E-state index contributed by atoms with van der Waals surface area (Å²) in [4.78, 5) is 25.1. The molecule has 3 heterocycles. The van der Waals surface area contributed by atoms with Crippen LogP contribution >= 0.6 is 0 Å². The van der Waals surface area contributed by atoms with Gasteiger partial charge >= 0.3 is 12.1 Å². The second kappa shape index (κ2) is 10.1. The molecule has 4 rings (SSSR count). The molecule has 1 unspecified atom stereocenters. The molecule has 2 aliphatic rings. The summed E-state index contributed by atoms with van der Waals surface area (Å²) >= 11 is 0. The van der Waals surface area contributed by atoms with Crippen LogP contribution in [-0.4, -0.2) is 62.4 Å². The zero-order valence-electron chi connectivity index (χ0n) is 17.3. The van der Waals surface area contributed by atoms with Gasteiger partial charge in [-0.25, -0.2) is 9.18 Å². The maximum Gasteiger partial charge on any atom is 0.490 e. The molecule has 1 saturated heterocycles. The largest absolute Gasteiger partial charge is 0.490 e. The van der Waals surface area contributed by atoms with E-state index in [1.165, 1.54) is 17.8 Å². The lowest BCUT2D eigenvalue weighted by atomic mass is 10.1. The van der Waals surface area contributed by atoms with Crippen LogP contribution in [0.15, 0.2) is 36.5 Å². The topological polar surface area (TPSA) is 78.7 Å². The average molecular weight is 456 g/mol. The van der Waals surface area contributed by atoms with Gasteiger partial charge in [-0.3, -0.25) is 14.4 Å². The standard InChI is InChI=1S/C19H23FN4O.C2HF3O2/c20-16-5-3-15(4-6-16)12-22-13-17-7-9-21-24(17)18(14-22)8-11-23-10-1-2-19(23)25;3-2(4,5)1(6)7/h3-7,9,18H,1-2,8,10-14H2;(H,6,7). The van der Waals surface area contributed by atoms with E-state index in [-0.39, 0.29) is 17.8 Å². The SMILES string of the molecule is O=C(O)C(F)(F)F.O=C1CCCN1CCC1CN(Cc2ccc(F)cc2)Cc2ccnn21. The molecule has 1 N–H and O–H groups in total. The molecular weight excluding hydrogens is 432 g/mol. The molecule has 0 aliphatic carbocycles. The van der Waals surface area contributed by atoms with Crippen LogP contribution in [0.4, 0.5) is 17.6 Å². The van der Waals surface area contributed by atoms with E-state index in [1.54, 1.807) is 0 Å². The van der Waals surface area contributed by atoms with E-state index in [4.69, 9.17) is 9.90 Å². The molecule has 1 atom stereocenters. The average Bonchev–Trinajstić information content (AvgIpc) is 3.36. The molecule has 1 fully saturated rings. The Morgan fingerprint density at radius 3 is 2.47 bits per heavy atom. The zero-order valence-corrected chi connectivity index (χ0v) is 17.3. The van der Waals surface area contributed by atoms with Gasteiger partial charge in [0.15, 0.2) is 0 Å². The summed E-state index contributed by atoms with van der Waals surface area (Å²) in [5, 5.41) is 11.6. The van der Waals surface area contributed by atoms with Crippen molar-refractivity contribution in [3.63, 3.8) is 0 Å². The molecule has 7 nitrogen and oxygen atoms in total. The Labute approximate surface area is 182 Å². The molecule has 11 heteroatoms. The number of hydrogen-bond donors (Lipinski definition) is 1. The number of aromatic nitrogens is 2. The number of benzene rings is 1. The number of aliphatic carboxylic acids is 1. The van der Waals surface area contributed by atoms with Crippen LogP contribution < -0.4 is 0 Å². The van der Waals surface area contributed by atoms with E-state index < -0.39 is 12.1 Å². The molecule has 0 radical (unpaired) electrons. The molecule has 2 aliphatic heterocycles. The maximum absolute atomic E-state index is 13.1. The van der Waals surface area contributed by atoms with Gasteiger partial charge < -0.3 is 10.0 Å². The minimum atomic E-state index is -5.08. The van der Waals surface area contributed by atoms with E-state index in [9.17, 15) is 22.4 Å². The number of halogens is 4. The molecule has 0 spiro atoms. The van der Waals surface area contributed by atoms with E-state index in [0.29, 0.717) is 6.42 Å². The molecule has 1 aromatic carbocycles. The van der Waals surface area contributed by atoms with Gasteiger partial charge in [-0.1, -0.05) is 12.1 Å². The summed E-state index contributed by atoms with van der Waals surface area (Å²) in [7, 11) is 0. The van der Waals surface area contributed by atoms with E-state index in [0.717, 1.165) is 51.1 Å². The van der Waals surface area contributed by atoms with Gasteiger partial charge in [0, 0.05) is 45.3 Å². The lowest BCUT2D eigenvalue weighted by Gasteiger charge is -2.34. The first-order valence-corrected chi connectivity index (χ1v) is 10.2. The van der Waals surface area contributed by atoms with Crippen LogP contribution in [0.3, 0.4) is 0 Å². The van der Waals surface area contributed by atoms with Crippen molar-refractivity contribution >= 4 is 11.9 Å². The number of carboxylic acid groups (broad SMARTS) is 1. The number of carboxylic acids is 1. The highest BCUT2D eigenvalue weighted by atomic mass is 19.4. The highest BCUT2D eigenvalue weighted by Crippen LogP contribution is 2.25. The van der Waals surface area contributed by atoms with E-state index >= 15 is 0 Å². The fourth-order valence-electron chi connectivity index (χ4n) is 3.89. The van der Waals surface area contributed by atoms with Gasteiger partial charge in [0.05, 0.1) is 11.7 Å². The Morgan fingerprint density at radius 1 is 1.19 bits per heavy atom. The van der Waals surface area contributed by atoms with Crippen molar-refractivity contribution in [2.75, 3.05) is 19.6 Å². The normalized spacial score (nSPS) is 18.8. The monoisotopic (exact) mass is 456 g/mol. The predicted molar refractivity (Wildman–Crippen MR) is 106 cm³/mol. The number of rotatable bonds is 5. The van der Waals surface area contributed by atoms with Gasteiger partial charge in [-0.15, -0.1) is 0 Å². The van der Waals surface area contributed by atoms with E-state index in [1.807, 2.05) is 23.2 Å². The van der Waals surface area contributed by atoms with Crippen LogP contribution in [0.25, 0.3) is 0 Å². The quantitative estimate of drug-likeness (QED) is 0.699. The van der Waals surface area contributed by atoms with Crippen molar-refractivity contribution in [2.24, 2.45) is 0 Å². The molecule has 0 bridgehead atoms. The number of carbonyl (C=O) groups is 2. The first kappa shape index (κ1) is 23.7. The van der Waals surface area contributed by atoms with Crippen molar-refractivity contribution < 1.29 is 32.3 Å². The molecular formula is C21H24F4N4O3. The smallest absolute Gasteiger partial charge is 0.475 e. The fourth-order valence-corrected chi connectivity index (χ4v) is 3.89.